The van der Waals surface area contributed by atoms with Crippen molar-refractivity contribution >= 4 is 48.8 Å². The summed E-state index contributed by atoms with van der Waals surface area (Å²) >= 11 is 0. The van der Waals surface area contributed by atoms with Gasteiger partial charge in [0.2, 0.25) is 0 Å². The van der Waals surface area contributed by atoms with Crippen LogP contribution in [0.1, 0.15) is 0 Å². The molecule has 1 heteroatoms. The molecule has 0 heterocycles. The minimum atomic E-state index is 0.644. The van der Waals surface area contributed by atoms with Crippen molar-refractivity contribution in [3.05, 3.63) is 224 Å². The molecule has 0 N–H and O–H groups in total. The Morgan fingerprint density at radius 2 is 0.633 bits per heavy atom. The molecule has 11 aromatic carbocycles. The van der Waals surface area contributed by atoms with Crippen LogP contribution in [0.3, 0.4) is 0 Å². The maximum Gasteiger partial charge on any atom is 0.194 e. The zero-order chi connectivity index (χ0) is 39.7. The zero-order valence-electron chi connectivity index (χ0n) is 32.7. The van der Waals surface area contributed by atoms with Crippen LogP contribution >= 0.6 is 0 Å². The Bertz CT molecular complexity index is 3430. The standard InChI is InChI=1S/C59H35N/c1-60-52-35-32-40(54-45-26-13-11-24-43(45)53(37-18-5-2-6-19-37)44-25-12-14-27-46(44)54)36-51(52)41-33-34-50-57-42(41)30-17-31-49(57)58-55(38-20-7-3-8-21-38)47-28-15-16-29-48(47)56(59(50)58)39-22-9-4-10-23-39/h2-36H. The molecule has 0 aromatic heterocycles. The third-order valence-corrected chi connectivity index (χ3v) is 12.6. The lowest BCUT2D eigenvalue weighted by atomic mass is 9.82. The van der Waals surface area contributed by atoms with E-state index >= 15 is 0 Å². The Morgan fingerprint density at radius 1 is 0.250 bits per heavy atom. The van der Waals surface area contributed by atoms with Crippen molar-refractivity contribution < 1.29 is 0 Å². The van der Waals surface area contributed by atoms with Gasteiger partial charge in [0.1, 0.15) is 0 Å². The van der Waals surface area contributed by atoms with Crippen LogP contribution in [0.2, 0.25) is 0 Å². The van der Waals surface area contributed by atoms with Crippen LogP contribution in [-0.2, 0) is 0 Å². The number of benzene rings is 11. The van der Waals surface area contributed by atoms with E-state index in [4.69, 9.17) is 6.57 Å². The van der Waals surface area contributed by atoms with Gasteiger partial charge in [-0.25, -0.2) is 4.85 Å². The van der Waals surface area contributed by atoms with Crippen LogP contribution in [0.5, 0.6) is 0 Å². The zero-order valence-corrected chi connectivity index (χ0v) is 32.7. The molecule has 1 aliphatic carbocycles. The molecule has 0 atom stereocenters. The lowest BCUT2D eigenvalue weighted by molar-refractivity contribution is 1.62. The molecule has 0 aliphatic heterocycles. The van der Waals surface area contributed by atoms with Crippen molar-refractivity contribution in [2.24, 2.45) is 0 Å². The van der Waals surface area contributed by atoms with Gasteiger partial charge in [-0.05, 0) is 121 Å². The second kappa shape index (κ2) is 13.5. The summed E-state index contributed by atoms with van der Waals surface area (Å²) in [6.07, 6.45) is 0. The van der Waals surface area contributed by atoms with E-state index in [2.05, 4.69) is 211 Å². The average molecular weight is 758 g/mol. The molecule has 60 heavy (non-hydrogen) atoms. The van der Waals surface area contributed by atoms with E-state index in [9.17, 15) is 0 Å². The van der Waals surface area contributed by atoms with Gasteiger partial charge in [-0.3, -0.25) is 0 Å². The molecule has 0 saturated heterocycles. The molecule has 11 aromatic rings. The van der Waals surface area contributed by atoms with E-state index < -0.39 is 0 Å². The minimum absolute atomic E-state index is 0.644. The van der Waals surface area contributed by atoms with Gasteiger partial charge in [0, 0.05) is 0 Å². The second-order valence-electron chi connectivity index (χ2n) is 15.7. The number of rotatable bonds is 5. The first-order valence-electron chi connectivity index (χ1n) is 20.6. The molecule has 0 fully saturated rings. The van der Waals surface area contributed by atoms with Gasteiger partial charge in [0.15, 0.2) is 5.69 Å². The Kier molecular flexibility index (Phi) is 7.67. The van der Waals surface area contributed by atoms with Crippen molar-refractivity contribution in [3.8, 4) is 77.9 Å². The molecule has 0 radical (unpaired) electrons. The van der Waals surface area contributed by atoms with E-state index in [1.165, 1.54) is 98.9 Å². The maximum atomic E-state index is 8.46. The number of nitrogens with zero attached hydrogens (tertiary/aromatic N) is 1. The Morgan fingerprint density at radius 3 is 1.12 bits per heavy atom. The van der Waals surface area contributed by atoms with E-state index in [0.29, 0.717) is 5.69 Å². The van der Waals surface area contributed by atoms with Gasteiger partial charge in [-0.2, -0.15) is 0 Å². The molecule has 1 aliphatic rings. The molecule has 0 spiro atoms. The molecular formula is C59H35N. The SMILES string of the molecule is [C-]#[N+]c1ccc(-c2c3ccccc3c(-c3ccccc3)c3ccccc23)cc1-c1ccc2c3c(cccc13)-c1c-2c(-c2ccccc2)c2ccccc2c1-c1ccccc1. The number of hydrogen-bond donors (Lipinski definition) is 0. The van der Waals surface area contributed by atoms with Crippen molar-refractivity contribution in [1.29, 1.82) is 0 Å². The smallest absolute Gasteiger partial charge is 0.194 e. The number of hydrogen-bond acceptors (Lipinski definition) is 0. The van der Waals surface area contributed by atoms with Gasteiger partial charge in [0.25, 0.3) is 0 Å². The summed E-state index contributed by atoms with van der Waals surface area (Å²) in [4.78, 5) is 4.16. The number of fused-ring (bicyclic) bond motifs is 6. The van der Waals surface area contributed by atoms with Crippen molar-refractivity contribution in [1.82, 2.24) is 0 Å². The normalized spacial score (nSPS) is 11.7. The minimum Gasteiger partial charge on any atom is -0.238 e. The second-order valence-corrected chi connectivity index (χ2v) is 15.7. The first-order chi connectivity index (χ1) is 29.8. The van der Waals surface area contributed by atoms with Gasteiger partial charge >= 0.3 is 0 Å². The molecule has 1 nitrogen and oxygen atoms in total. The van der Waals surface area contributed by atoms with Crippen LogP contribution in [0.25, 0.3) is 126 Å². The summed E-state index contributed by atoms with van der Waals surface area (Å²) in [6.45, 7) is 8.46. The highest BCUT2D eigenvalue weighted by molar-refractivity contribution is 6.29. The van der Waals surface area contributed by atoms with E-state index in [1.807, 2.05) is 6.07 Å². The van der Waals surface area contributed by atoms with Gasteiger partial charge < -0.3 is 0 Å². The molecule has 0 bridgehead atoms. The van der Waals surface area contributed by atoms with Crippen LogP contribution < -0.4 is 0 Å². The highest BCUT2D eigenvalue weighted by Crippen LogP contribution is 2.59. The van der Waals surface area contributed by atoms with Gasteiger partial charge in [0.05, 0.1) is 6.57 Å². The third-order valence-electron chi connectivity index (χ3n) is 12.6. The highest BCUT2D eigenvalue weighted by Gasteiger charge is 2.31. The third kappa shape index (κ3) is 4.98. The largest absolute Gasteiger partial charge is 0.238 e. The maximum absolute atomic E-state index is 8.46. The van der Waals surface area contributed by atoms with Crippen LogP contribution in [0.4, 0.5) is 5.69 Å². The molecule has 0 amide bonds. The lowest BCUT2D eigenvalue weighted by Crippen LogP contribution is -1.93. The predicted octanol–water partition coefficient (Wildman–Crippen LogP) is 16.8. The van der Waals surface area contributed by atoms with Gasteiger partial charge in [-0.15, -0.1) is 0 Å². The predicted molar refractivity (Wildman–Crippen MR) is 254 cm³/mol. The summed E-state index contributed by atoms with van der Waals surface area (Å²) in [5.74, 6) is 0. The van der Waals surface area contributed by atoms with E-state index in [1.54, 1.807) is 0 Å². The summed E-state index contributed by atoms with van der Waals surface area (Å²) < 4.78 is 0. The molecule has 0 unspecified atom stereocenters. The average Bonchev–Trinajstić information content (AvgIpc) is 3.65. The monoisotopic (exact) mass is 757 g/mol. The Labute approximate surface area is 348 Å². The quantitative estimate of drug-likeness (QED) is 0.122. The van der Waals surface area contributed by atoms with Crippen LogP contribution in [0, 0.1) is 6.57 Å². The molecule has 276 valence electrons. The van der Waals surface area contributed by atoms with Crippen molar-refractivity contribution in [3.63, 3.8) is 0 Å². The molecule has 12 rings (SSSR count). The molecule has 0 saturated carbocycles. The fourth-order valence-electron chi connectivity index (χ4n) is 10.2. The first kappa shape index (κ1) is 34.0. The van der Waals surface area contributed by atoms with Crippen LogP contribution in [-0.4, -0.2) is 0 Å². The Hall–Kier alpha value is -8.05. The summed E-state index contributed by atoms with van der Waals surface area (Å²) in [6, 6.07) is 76.7. The van der Waals surface area contributed by atoms with Crippen LogP contribution in [0.15, 0.2) is 212 Å². The molecular weight excluding hydrogens is 723 g/mol. The van der Waals surface area contributed by atoms with Gasteiger partial charge in [-0.1, -0.05) is 212 Å². The van der Waals surface area contributed by atoms with E-state index in [0.717, 1.165) is 22.1 Å². The topological polar surface area (TPSA) is 4.36 Å². The summed E-state index contributed by atoms with van der Waals surface area (Å²) in [5, 5.41) is 9.69. The Balaban J connectivity index is 1.14. The fourth-order valence-corrected chi connectivity index (χ4v) is 10.2. The fraction of sp³-hybridized carbons (Fsp3) is 0. The van der Waals surface area contributed by atoms with E-state index in [-0.39, 0.29) is 0 Å². The summed E-state index contributed by atoms with van der Waals surface area (Å²) in [5.41, 5.74) is 17.3. The summed E-state index contributed by atoms with van der Waals surface area (Å²) in [7, 11) is 0. The first-order valence-corrected chi connectivity index (χ1v) is 20.6. The lowest BCUT2D eigenvalue weighted by Gasteiger charge is -2.20. The van der Waals surface area contributed by atoms with Crippen molar-refractivity contribution in [2.75, 3.05) is 0 Å². The van der Waals surface area contributed by atoms with Crippen molar-refractivity contribution in [2.45, 2.75) is 0 Å². The highest BCUT2D eigenvalue weighted by atomic mass is 14.6.